The molecule has 4 N–H and O–H groups in total. The highest BCUT2D eigenvalue weighted by molar-refractivity contribution is 7.18. The van der Waals surface area contributed by atoms with E-state index in [9.17, 15) is 4.79 Å². The van der Waals surface area contributed by atoms with Gasteiger partial charge in [-0.05, 0) is 42.2 Å². The van der Waals surface area contributed by atoms with Crippen LogP contribution in [-0.2, 0) is 6.42 Å². The molecule has 0 aliphatic carbocycles. The molecule has 1 atom stereocenters. The summed E-state index contributed by atoms with van der Waals surface area (Å²) in [6, 6.07) is 2.13. The number of hydrogen-bond acceptors (Lipinski definition) is 6. The molecule has 0 spiro atoms. The van der Waals surface area contributed by atoms with Gasteiger partial charge in [0.1, 0.15) is 10.7 Å². The molecule has 0 aliphatic rings. The van der Waals surface area contributed by atoms with Gasteiger partial charge in [0.25, 0.3) is 5.91 Å². The van der Waals surface area contributed by atoms with Gasteiger partial charge in [0.05, 0.1) is 0 Å². The number of carbonyl (C=O) groups excluding carboxylic acids is 1. The third-order valence-electron chi connectivity index (χ3n) is 2.89. The van der Waals surface area contributed by atoms with Crippen LogP contribution < -0.4 is 16.4 Å². The number of hydrogen-bond donors (Lipinski definition) is 3. The number of anilines is 2. The zero-order valence-electron chi connectivity index (χ0n) is 12.2. The molecular weight excluding hydrogens is 304 g/mol. The monoisotopic (exact) mass is 324 g/mol. The normalized spacial score (nSPS) is 12.1. The molecule has 0 bridgehead atoms. The third kappa shape index (κ3) is 4.44. The van der Waals surface area contributed by atoms with Gasteiger partial charge in [0.2, 0.25) is 0 Å². The predicted molar refractivity (Wildman–Crippen MR) is 90.3 cm³/mol. The summed E-state index contributed by atoms with van der Waals surface area (Å²) in [4.78, 5) is 16.9. The summed E-state index contributed by atoms with van der Waals surface area (Å²) in [5, 5.41) is 11.0. The minimum atomic E-state index is -0.155. The van der Waals surface area contributed by atoms with Gasteiger partial charge in [-0.25, -0.2) is 4.98 Å². The Kier molecular flexibility index (Phi) is 5.58. The van der Waals surface area contributed by atoms with Crippen LogP contribution in [0, 0.1) is 0 Å². The Morgan fingerprint density at radius 1 is 1.52 bits per heavy atom. The van der Waals surface area contributed by atoms with E-state index >= 15 is 0 Å². The zero-order chi connectivity index (χ0) is 15.2. The van der Waals surface area contributed by atoms with E-state index < -0.39 is 0 Å². The van der Waals surface area contributed by atoms with Crippen LogP contribution in [0.2, 0.25) is 0 Å². The van der Waals surface area contributed by atoms with Crippen molar-refractivity contribution < 1.29 is 4.79 Å². The standard InChI is InChI=1S/C14H20N4OS2/c1-3-5-16-14-18-12(15)11(21-14)13(19)17-9(2)7-10-4-6-20-8-10/h4,6,8-9H,3,5,7,15H2,1-2H3,(H,16,18)(H,17,19). The van der Waals surface area contributed by atoms with Crippen molar-refractivity contribution in [3.05, 3.63) is 27.3 Å². The number of nitrogens with one attached hydrogen (secondary N) is 2. The first-order valence-electron chi connectivity index (χ1n) is 6.92. The highest BCUT2D eigenvalue weighted by atomic mass is 32.1. The average Bonchev–Trinajstić information content (AvgIpc) is 3.05. The van der Waals surface area contributed by atoms with Gasteiger partial charge in [-0.1, -0.05) is 18.3 Å². The number of amides is 1. The van der Waals surface area contributed by atoms with E-state index in [0.29, 0.717) is 15.8 Å². The van der Waals surface area contributed by atoms with Crippen LogP contribution in [0.15, 0.2) is 16.8 Å². The number of rotatable bonds is 7. The number of carbonyl (C=O) groups is 1. The Labute approximate surface area is 132 Å². The van der Waals surface area contributed by atoms with Gasteiger partial charge in [-0.2, -0.15) is 11.3 Å². The minimum absolute atomic E-state index is 0.0562. The Balaban J connectivity index is 1.94. The van der Waals surface area contributed by atoms with Crippen LogP contribution in [0.1, 0.15) is 35.5 Å². The van der Waals surface area contributed by atoms with E-state index in [1.54, 1.807) is 11.3 Å². The van der Waals surface area contributed by atoms with Gasteiger partial charge in [0, 0.05) is 12.6 Å². The van der Waals surface area contributed by atoms with Crippen molar-refractivity contribution in [3.8, 4) is 0 Å². The second-order valence-electron chi connectivity index (χ2n) is 4.87. The van der Waals surface area contributed by atoms with E-state index in [4.69, 9.17) is 5.73 Å². The Morgan fingerprint density at radius 3 is 3.00 bits per heavy atom. The highest BCUT2D eigenvalue weighted by Gasteiger charge is 2.18. The second-order valence-corrected chi connectivity index (χ2v) is 6.65. The second kappa shape index (κ2) is 7.42. The minimum Gasteiger partial charge on any atom is -0.382 e. The number of thiophene rings is 1. The van der Waals surface area contributed by atoms with Gasteiger partial charge in [0.15, 0.2) is 5.13 Å². The fraction of sp³-hybridized carbons (Fsp3) is 0.429. The largest absolute Gasteiger partial charge is 0.382 e. The Morgan fingerprint density at radius 2 is 2.33 bits per heavy atom. The lowest BCUT2D eigenvalue weighted by atomic mass is 10.1. The quantitative estimate of drug-likeness (QED) is 0.731. The maximum absolute atomic E-state index is 12.2. The van der Waals surface area contributed by atoms with Crippen LogP contribution >= 0.6 is 22.7 Å². The molecule has 5 nitrogen and oxygen atoms in total. The number of nitrogens with two attached hydrogens (primary N) is 1. The van der Waals surface area contributed by atoms with Gasteiger partial charge in [-0.15, -0.1) is 0 Å². The summed E-state index contributed by atoms with van der Waals surface area (Å²) in [7, 11) is 0. The molecule has 0 saturated heterocycles. The topological polar surface area (TPSA) is 80.0 Å². The summed E-state index contributed by atoms with van der Waals surface area (Å²) in [5.41, 5.74) is 7.06. The molecule has 1 unspecified atom stereocenters. The first-order valence-corrected chi connectivity index (χ1v) is 8.68. The molecule has 0 aromatic carbocycles. The first-order chi connectivity index (χ1) is 10.1. The van der Waals surface area contributed by atoms with Crippen LogP contribution in [0.5, 0.6) is 0 Å². The third-order valence-corrected chi connectivity index (χ3v) is 4.64. The molecule has 1 amide bonds. The summed E-state index contributed by atoms with van der Waals surface area (Å²) in [5.74, 6) is 0.135. The highest BCUT2D eigenvalue weighted by Crippen LogP contribution is 2.25. The van der Waals surface area contributed by atoms with Crippen molar-refractivity contribution in [2.75, 3.05) is 17.6 Å². The Bertz CT molecular complexity index is 580. The molecule has 0 aliphatic heterocycles. The van der Waals surface area contributed by atoms with E-state index in [1.807, 2.05) is 12.3 Å². The lowest BCUT2D eigenvalue weighted by Crippen LogP contribution is -2.33. The van der Waals surface area contributed by atoms with Crippen LogP contribution in [-0.4, -0.2) is 23.5 Å². The van der Waals surface area contributed by atoms with Crippen LogP contribution in [0.25, 0.3) is 0 Å². The van der Waals surface area contributed by atoms with E-state index in [2.05, 4.69) is 34.0 Å². The van der Waals surface area contributed by atoms with Gasteiger partial charge in [-0.3, -0.25) is 4.79 Å². The predicted octanol–water partition coefficient (Wildman–Crippen LogP) is 2.97. The molecule has 114 valence electrons. The molecule has 0 saturated carbocycles. The summed E-state index contributed by atoms with van der Waals surface area (Å²) >= 11 is 2.96. The lowest BCUT2D eigenvalue weighted by Gasteiger charge is -2.12. The maximum Gasteiger partial charge on any atom is 0.265 e. The molecule has 2 rings (SSSR count). The van der Waals surface area contributed by atoms with Crippen LogP contribution in [0.4, 0.5) is 10.9 Å². The molecule has 2 heterocycles. The van der Waals surface area contributed by atoms with Gasteiger partial charge < -0.3 is 16.4 Å². The number of aromatic nitrogens is 1. The molecule has 0 fully saturated rings. The molecule has 7 heteroatoms. The molecule has 2 aromatic rings. The summed E-state index contributed by atoms with van der Waals surface area (Å²) in [6.45, 7) is 4.88. The molecular formula is C14H20N4OS2. The smallest absolute Gasteiger partial charge is 0.265 e. The fourth-order valence-electron chi connectivity index (χ4n) is 1.90. The van der Waals surface area contributed by atoms with Crippen molar-refractivity contribution in [3.63, 3.8) is 0 Å². The number of nitrogen functional groups attached to an aromatic ring is 1. The van der Waals surface area contributed by atoms with Crippen molar-refractivity contribution in [1.82, 2.24) is 10.3 Å². The lowest BCUT2D eigenvalue weighted by molar-refractivity contribution is 0.0945. The molecule has 0 radical (unpaired) electrons. The fourth-order valence-corrected chi connectivity index (χ4v) is 3.40. The molecule has 21 heavy (non-hydrogen) atoms. The number of thiazole rings is 1. The van der Waals surface area contributed by atoms with Crippen molar-refractivity contribution in [2.45, 2.75) is 32.7 Å². The maximum atomic E-state index is 12.2. The van der Waals surface area contributed by atoms with Crippen LogP contribution in [0.3, 0.4) is 0 Å². The van der Waals surface area contributed by atoms with E-state index in [-0.39, 0.29) is 11.9 Å². The van der Waals surface area contributed by atoms with Crippen molar-refractivity contribution >= 4 is 39.5 Å². The van der Waals surface area contributed by atoms with E-state index in [1.165, 1.54) is 16.9 Å². The SMILES string of the molecule is CCCNc1nc(N)c(C(=O)NC(C)Cc2ccsc2)s1. The average molecular weight is 324 g/mol. The Hall–Kier alpha value is -1.60. The van der Waals surface area contributed by atoms with E-state index in [0.717, 1.165) is 19.4 Å². The zero-order valence-corrected chi connectivity index (χ0v) is 13.8. The summed E-state index contributed by atoms with van der Waals surface area (Å²) in [6.07, 6.45) is 1.81. The summed E-state index contributed by atoms with van der Waals surface area (Å²) < 4.78 is 0. The van der Waals surface area contributed by atoms with Crippen molar-refractivity contribution in [2.24, 2.45) is 0 Å². The van der Waals surface area contributed by atoms with Gasteiger partial charge >= 0.3 is 0 Å². The first kappa shape index (κ1) is 15.8. The van der Waals surface area contributed by atoms with Crippen molar-refractivity contribution in [1.29, 1.82) is 0 Å². The number of nitrogens with zero attached hydrogens (tertiary/aromatic N) is 1. The molecule has 2 aromatic heterocycles.